The van der Waals surface area contributed by atoms with Gasteiger partial charge in [0.15, 0.2) is 0 Å². The number of nitrogens with one attached hydrogen (secondary N) is 1. The minimum atomic E-state index is -0.0354. The van der Waals surface area contributed by atoms with Crippen molar-refractivity contribution in [2.24, 2.45) is 0 Å². The van der Waals surface area contributed by atoms with Crippen molar-refractivity contribution in [2.75, 3.05) is 26.7 Å². The minimum absolute atomic E-state index is 0.0354. The number of hydrogen-bond acceptors (Lipinski definition) is 4. The van der Waals surface area contributed by atoms with Gasteiger partial charge in [-0.25, -0.2) is 9.78 Å². The van der Waals surface area contributed by atoms with Gasteiger partial charge in [0.2, 0.25) is 0 Å². The van der Waals surface area contributed by atoms with E-state index in [1.54, 1.807) is 16.2 Å². The highest BCUT2D eigenvalue weighted by atomic mass is 32.1. The summed E-state index contributed by atoms with van der Waals surface area (Å²) in [5.41, 5.74) is 1.20. The fraction of sp³-hybridized carbons (Fsp3) is 0.765. The SMILES string of the molecule is CN(C[C@@H]1CCCCO1)C(=O)NCCc1nc(C(C)(C)C)cs1. The summed E-state index contributed by atoms with van der Waals surface area (Å²) in [6, 6.07) is -0.0354. The zero-order valence-corrected chi connectivity index (χ0v) is 15.5. The monoisotopic (exact) mass is 339 g/mol. The summed E-state index contributed by atoms with van der Waals surface area (Å²) in [5.74, 6) is 0. The molecule has 0 aromatic carbocycles. The van der Waals surface area contributed by atoms with Crippen LogP contribution < -0.4 is 5.32 Å². The van der Waals surface area contributed by atoms with Gasteiger partial charge in [-0.2, -0.15) is 0 Å². The van der Waals surface area contributed by atoms with Crippen molar-refractivity contribution in [1.82, 2.24) is 15.2 Å². The average Bonchev–Trinajstić information content (AvgIpc) is 2.97. The largest absolute Gasteiger partial charge is 0.376 e. The quantitative estimate of drug-likeness (QED) is 0.896. The molecule has 0 radical (unpaired) electrons. The predicted molar refractivity (Wildman–Crippen MR) is 94.1 cm³/mol. The molecule has 2 rings (SSSR count). The van der Waals surface area contributed by atoms with Crippen molar-refractivity contribution < 1.29 is 9.53 Å². The van der Waals surface area contributed by atoms with Crippen molar-refractivity contribution in [3.8, 4) is 0 Å². The van der Waals surface area contributed by atoms with E-state index in [9.17, 15) is 4.79 Å². The molecule has 1 atom stereocenters. The maximum Gasteiger partial charge on any atom is 0.317 e. The fourth-order valence-electron chi connectivity index (χ4n) is 2.52. The number of aromatic nitrogens is 1. The van der Waals surface area contributed by atoms with Gasteiger partial charge in [0.1, 0.15) is 0 Å². The molecule has 0 bridgehead atoms. The Morgan fingerprint density at radius 3 is 2.87 bits per heavy atom. The Balaban J connectivity index is 1.70. The fourth-order valence-corrected chi connectivity index (χ4v) is 3.55. The van der Waals surface area contributed by atoms with Crippen LogP contribution in [0.15, 0.2) is 5.38 Å². The topological polar surface area (TPSA) is 54.5 Å². The smallest absolute Gasteiger partial charge is 0.317 e. The lowest BCUT2D eigenvalue weighted by atomic mass is 9.93. The molecule has 5 nitrogen and oxygen atoms in total. The van der Waals surface area contributed by atoms with E-state index in [2.05, 4.69) is 36.5 Å². The summed E-state index contributed by atoms with van der Waals surface area (Å²) in [4.78, 5) is 18.5. The highest BCUT2D eigenvalue weighted by Crippen LogP contribution is 2.23. The Labute approximate surface area is 143 Å². The van der Waals surface area contributed by atoms with Gasteiger partial charge in [-0.1, -0.05) is 20.8 Å². The van der Waals surface area contributed by atoms with Gasteiger partial charge in [-0.05, 0) is 19.3 Å². The molecule has 6 heteroatoms. The van der Waals surface area contributed by atoms with Gasteiger partial charge in [0, 0.05) is 44.0 Å². The molecule has 2 amide bonds. The van der Waals surface area contributed by atoms with Crippen molar-refractivity contribution in [3.63, 3.8) is 0 Å². The molecular weight excluding hydrogens is 310 g/mol. The average molecular weight is 340 g/mol. The summed E-state index contributed by atoms with van der Waals surface area (Å²) >= 11 is 1.67. The Kier molecular flexibility index (Phi) is 6.41. The van der Waals surface area contributed by atoms with E-state index >= 15 is 0 Å². The van der Waals surface area contributed by atoms with E-state index in [1.807, 2.05) is 7.05 Å². The van der Waals surface area contributed by atoms with Crippen LogP contribution >= 0.6 is 11.3 Å². The molecule has 0 saturated carbocycles. The summed E-state index contributed by atoms with van der Waals surface area (Å²) in [5, 5.41) is 6.16. The van der Waals surface area contributed by atoms with Crippen molar-refractivity contribution in [2.45, 2.75) is 58.0 Å². The highest BCUT2D eigenvalue weighted by Gasteiger charge is 2.19. The third kappa shape index (κ3) is 5.77. The molecule has 1 aromatic rings. The van der Waals surface area contributed by atoms with Gasteiger partial charge in [-0.3, -0.25) is 0 Å². The Morgan fingerprint density at radius 2 is 2.26 bits per heavy atom. The third-order valence-corrected chi connectivity index (χ3v) is 4.94. The van der Waals surface area contributed by atoms with Crippen LogP contribution in [0.3, 0.4) is 0 Å². The van der Waals surface area contributed by atoms with E-state index in [0.29, 0.717) is 13.1 Å². The number of likely N-dealkylation sites (N-methyl/N-ethyl adjacent to an activating group) is 1. The first kappa shape index (κ1) is 18.2. The van der Waals surface area contributed by atoms with Crippen LogP contribution in [-0.2, 0) is 16.6 Å². The normalized spacial score (nSPS) is 18.7. The second-order valence-electron chi connectivity index (χ2n) is 7.23. The van der Waals surface area contributed by atoms with Crippen molar-refractivity contribution in [1.29, 1.82) is 0 Å². The van der Waals surface area contributed by atoms with Crippen molar-refractivity contribution in [3.05, 3.63) is 16.1 Å². The molecule has 1 fully saturated rings. The lowest BCUT2D eigenvalue weighted by molar-refractivity contribution is 0.00388. The third-order valence-electron chi connectivity index (χ3n) is 4.03. The number of nitrogens with zero attached hydrogens (tertiary/aromatic N) is 2. The highest BCUT2D eigenvalue weighted by molar-refractivity contribution is 7.09. The molecule has 2 heterocycles. The maximum absolute atomic E-state index is 12.1. The molecule has 1 aliphatic rings. The molecular formula is C17H29N3O2S. The number of rotatable bonds is 5. The van der Waals surface area contributed by atoms with Crippen LogP contribution in [0.4, 0.5) is 4.79 Å². The van der Waals surface area contributed by atoms with E-state index in [1.165, 1.54) is 6.42 Å². The summed E-state index contributed by atoms with van der Waals surface area (Å²) in [7, 11) is 1.83. The van der Waals surface area contributed by atoms with Crippen LogP contribution in [0.5, 0.6) is 0 Å². The first-order valence-electron chi connectivity index (χ1n) is 8.41. The summed E-state index contributed by atoms with van der Waals surface area (Å²) in [6.07, 6.45) is 4.34. The molecule has 1 aliphatic heterocycles. The van der Waals surface area contributed by atoms with Gasteiger partial charge in [0.25, 0.3) is 0 Å². The first-order chi connectivity index (χ1) is 10.9. The zero-order valence-electron chi connectivity index (χ0n) is 14.7. The number of ether oxygens (including phenoxy) is 1. The van der Waals surface area contributed by atoms with Crippen LogP contribution in [0, 0.1) is 0 Å². The Morgan fingerprint density at radius 1 is 1.48 bits per heavy atom. The van der Waals surface area contributed by atoms with Crippen molar-refractivity contribution >= 4 is 17.4 Å². The van der Waals surface area contributed by atoms with Crippen LogP contribution in [0.1, 0.15) is 50.7 Å². The molecule has 1 aromatic heterocycles. The van der Waals surface area contributed by atoms with E-state index < -0.39 is 0 Å². The number of urea groups is 1. The summed E-state index contributed by atoms with van der Waals surface area (Å²) < 4.78 is 5.68. The number of hydrogen-bond donors (Lipinski definition) is 1. The van der Waals surface area contributed by atoms with Crippen LogP contribution in [0.2, 0.25) is 0 Å². The Hall–Kier alpha value is -1.14. The van der Waals surface area contributed by atoms with Gasteiger partial charge in [0.05, 0.1) is 16.8 Å². The number of amides is 2. The second kappa shape index (κ2) is 8.11. The molecule has 1 N–H and O–H groups in total. The molecule has 23 heavy (non-hydrogen) atoms. The van der Waals surface area contributed by atoms with Crippen LogP contribution in [-0.4, -0.2) is 48.8 Å². The van der Waals surface area contributed by atoms with E-state index in [0.717, 1.165) is 36.6 Å². The van der Waals surface area contributed by atoms with Gasteiger partial charge in [-0.15, -0.1) is 11.3 Å². The maximum atomic E-state index is 12.1. The second-order valence-corrected chi connectivity index (χ2v) is 8.17. The zero-order chi connectivity index (χ0) is 16.9. The van der Waals surface area contributed by atoms with E-state index in [-0.39, 0.29) is 17.6 Å². The lowest BCUT2D eigenvalue weighted by Crippen LogP contribution is -2.43. The Bertz CT molecular complexity index is 504. The minimum Gasteiger partial charge on any atom is -0.376 e. The number of carbonyl (C=O) groups is 1. The molecule has 0 spiro atoms. The summed E-state index contributed by atoms with van der Waals surface area (Å²) in [6.45, 7) is 8.59. The molecule has 0 aliphatic carbocycles. The van der Waals surface area contributed by atoms with E-state index in [4.69, 9.17) is 4.74 Å². The van der Waals surface area contributed by atoms with Gasteiger partial charge >= 0.3 is 6.03 Å². The van der Waals surface area contributed by atoms with Crippen LogP contribution in [0.25, 0.3) is 0 Å². The molecule has 0 unspecified atom stereocenters. The predicted octanol–water partition coefficient (Wildman–Crippen LogP) is 3.19. The number of thiazole rings is 1. The molecule has 130 valence electrons. The lowest BCUT2D eigenvalue weighted by Gasteiger charge is -2.27. The standard InChI is InChI=1S/C17H29N3O2S/c1-17(2,3)14-12-23-15(19-14)8-9-18-16(21)20(4)11-13-7-5-6-10-22-13/h12-13H,5-11H2,1-4H3,(H,18,21)/t13-/m0/s1. The molecule has 1 saturated heterocycles. The first-order valence-corrected chi connectivity index (χ1v) is 9.29. The van der Waals surface area contributed by atoms with Gasteiger partial charge < -0.3 is 15.0 Å². The number of carbonyl (C=O) groups excluding carboxylic acids is 1.